The number of thiazole rings is 1. The van der Waals surface area contributed by atoms with Crippen molar-refractivity contribution in [3.63, 3.8) is 0 Å². The average Bonchev–Trinajstić information content (AvgIpc) is 3.21. The molecule has 0 atom stereocenters. The summed E-state index contributed by atoms with van der Waals surface area (Å²) in [6, 6.07) is 0. The Morgan fingerprint density at radius 2 is 2.21 bits per heavy atom. The summed E-state index contributed by atoms with van der Waals surface area (Å²) in [6.07, 6.45) is 2.33. The van der Waals surface area contributed by atoms with Crippen molar-refractivity contribution in [2.24, 2.45) is 0 Å². The van der Waals surface area contributed by atoms with Gasteiger partial charge in [0.05, 0.1) is 12.3 Å². The zero-order chi connectivity index (χ0) is 13.2. The summed E-state index contributed by atoms with van der Waals surface area (Å²) in [5, 5.41) is 4.19. The maximum Gasteiger partial charge on any atom is 0.265 e. The van der Waals surface area contributed by atoms with Gasteiger partial charge in [-0.3, -0.25) is 4.79 Å². The number of ether oxygens (including phenoxy) is 1. The minimum atomic E-state index is 0.156. The van der Waals surface area contributed by atoms with Gasteiger partial charge < -0.3 is 15.0 Å². The Morgan fingerprint density at radius 3 is 2.84 bits per heavy atom. The van der Waals surface area contributed by atoms with Crippen LogP contribution < -0.4 is 5.32 Å². The van der Waals surface area contributed by atoms with Crippen LogP contribution in [0.4, 0.5) is 0 Å². The fourth-order valence-electron chi connectivity index (χ4n) is 2.36. The van der Waals surface area contributed by atoms with Crippen molar-refractivity contribution in [1.29, 1.82) is 0 Å². The molecule has 1 aromatic rings. The van der Waals surface area contributed by atoms with Gasteiger partial charge in [-0.15, -0.1) is 11.3 Å². The molecule has 1 saturated heterocycles. The van der Waals surface area contributed by atoms with E-state index in [0.29, 0.717) is 12.5 Å². The van der Waals surface area contributed by atoms with Crippen LogP contribution in [0.3, 0.4) is 0 Å². The molecule has 1 saturated carbocycles. The zero-order valence-electron chi connectivity index (χ0n) is 11.1. The molecule has 5 nitrogen and oxygen atoms in total. The first-order valence-corrected chi connectivity index (χ1v) is 7.59. The molecular weight excluding hydrogens is 262 g/mol. The van der Waals surface area contributed by atoms with Gasteiger partial charge in [-0.25, -0.2) is 4.98 Å². The molecule has 2 fully saturated rings. The number of carbonyl (C=O) groups is 1. The number of piperazine rings is 1. The predicted molar refractivity (Wildman–Crippen MR) is 73.6 cm³/mol. The van der Waals surface area contributed by atoms with E-state index in [-0.39, 0.29) is 5.91 Å². The molecule has 2 heterocycles. The van der Waals surface area contributed by atoms with Crippen LogP contribution in [0.15, 0.2) is 0 Å². The van der Waals surface area contributed by atoms with Crippen molar-refractivity contribution in [3.05, 3.63) is 15.6 Å². The molecule has 104 valence electrons. The van der Waals surface area contributed by atoms with Crippen LogP contribution >= 0.6 is 11.3 Å². The normalized spacial score (nSPS) is 19.7. The first kappa shape index (κ1) is 13.0. The van der Waals surface area contributed by atoms with Crippen molar-refractivity contribution >= 4 is 17.2 Å². The second-order valence-electron chi connectivity index (χ2n) is 5.07. The molecule has 1 amide bonds. The fourth-order valence-corrected chi connectivity index (χ4v) is 3.45. The third-order valence-corrected chi connectivity index (χ3v) is 4.56. The third-order valence-electron chi connectivity index (χ3n) is 3.53. The summed E-state index contributed by atoms with van der Waals surface area (Å²) in [7, 11) is 1.66. The molecule has 0 aromatic carbocycles. The predicted octanol–water partition coefficient (Wildman–Crippen LogP) is 1.21. The topological polar surface area (TPSA) is 54.5 Å². The van der Waals surface area contributed by atoms with Gasteiger partial charge in [-0.1, -0.05) is 0 Å². The lowest BCUT2D eigenvalue weighted by Gasteiger charge is -2.27. The molecule has 6 heteroatoms. The first-order valence-electron chi connectivity index (χ1n) is 6.78. The number of nitrogens with zero attached hydrogens (tertiary/aromatic N) is 2. The standard InChI is InChI=1S/C13H19N3O2S/c1-18-8-10-15-11(9-2-3-9)12(19-10)13(17)16-6-4-14-5-7-16/h9,14H,2-8H2,1H3. The number of rotatable bonds is 4. The molecule has 0 spiro atoms. The number of nitrogens with one attached hydrogen (secondary N) is 1. The molecule has 19 heavy (non-hydrogen) atoms. The number of aromatic nitrogens is 1. The highest BCUT2D eigenvalue weighted by Crippen LogP contribution is 2.43. The first-order chi connectivity index (χ1) is 9.29. The van der Waals surface area contributed by atoms with Crippen LogP contribution in [0.1, 0.15) is 39.1 Å². The van der Waals surface area contributed by atoms with E-state index >= 15 is 0 Å². The van der Waals surface area contributed by atoms with E-state index in [1.807, 2.05) is 4.90 Å². The molecule has 1 N–H and O–H groups in total. The maximum atomic E-state index is 12.6. The fraction of sp³-hybridized carbons (Fsp3) is 0.692. The quantitative estimate of drug-likeness (QED) is 0.901. The number of hydrogen-bond acceptors (Lipinski definition) is 5. The summed E-state index contributed by atoms with van der Waals surface area (Å²) < 4.78 is 5.13. The summed E-state index contributed by atoms with van der Waals surface area (Å²) in [4.78, 5) is 20.0. The van der Waals surface area contributed by atoms with Crippen LogP contribution in [0.25, 0.3) is 0 Å². The SMILES string of the molecule is COCc1nc(C2CC2)c(C(=O)N2CCNCC2)s1. The zero-order valence-corrected chi connectivity index (χ0v) is 12.0. The second-order valence-corrected chi connectivity index (χ2v) is 6.16. The van der Waals surface area contributed by atoms with E-state index < -0.39 is 0 Å². The van der Waals surface area contributed by atoms with Gasteiger partial charge in [-0.2, -0.15) is 0 Å². The molecule has 1 aromatic heterocycles. The number of amides is 1. The average molecular weight is 281 g/mol. The second kappa shape index (κ2) is 5.56. The Morgan fingerprint density at radius 1 is 1.47 bits per heavy atom. The Bertz CT molecular complexity index is 464. The Kier molecular flexibility index (Phi) is 3.81. The van der Waals surface area contributed by atoms with Crippen molar-refractivity contribution in [1.82, 2.24) is 15.2 Å². The number of carbonyl (C=O) groups excluding carboxylic acids is 1. The van der Waals surface area contributed by atoms with Crippen LogP contribution in [-0.2, 0) is 11.3 Å². The highest BCUT2D eigenvalue weighted by Gasteiger charge is 2.33. The van der Waals surface area contributed by atoms with E-state index in [4.69, 9.17) is 4.74 Å². The van der Waals surface area contributed by atoms with Crippen molar-refractivity contribution < 1.29 is 9.53 Å². The molecule has 1 aliphatic heterocycles. The minimum absolute atomic E-state index is 0.156. The van der Waals surface area contributed by atoms with E-state index in [9.17, 15) is 4.79 Å². The third kappa shape index (κ3) is 2.80. The summed E-state index contributed by atoms with van der Waals surface area (Å²) in [5.41, 5.74) is 1.01. The van der Waals surface area contributed by atoms with E-state index in [0.717, 1.165) is 54.6 Å². The molecular formula is C13H19N3O2S. The molecule has 0 unspecified atom stereocenters. The van der Waals surface area contributed by atoms with Crippen molar-refractivity contribution in [3.8, 4) is 0 Å². The number of hydrogen-bond donors (Lipinski definition) is 1. The van der Waals surface area contributed by atoms with Crippen LogP contribution in [0.2, 0.25) is 0 Å². The van der Waals surface area contributed by atoms with Crippen LogP contribution in [0, 0.1) is 0 Å². The van der Waals surface area contributed by atoms with Crippen LogP contribution in [0.5, 0.6) is 0 Å². The maximum absolute atomic E-state index is 12.6. The smallest absolute Gasteiger partial charge is 0.265 e. The monoisotopic (exact) mass is 281 g/mol. The summed E-state index contributed by atoms with van der Waals surface area (Å²) in [5.74, 6) is 0.659. The highest BCUT2D eigenvalue weighted by atomic mass is 32.1. The Labute approximate surface area is 117 Å². The summed E-state index contributed by atoms with van der Waals surface area (Å²) >= 11 is 1.51. The van der Waals surface area contributed by atoms with Gasteiger partial charge in [-0.05, 0) is 12.8 Å². The van der Waals surface area contributed by atoms with E-state index in [1.165, 1.54) is 11.3 Å². The van der Waals surface area contributed by atoms with Crippen molar-refractivity contribution in [2.75, 3.05) is 33.3 Å². The van der Waals surface area contributed by atoms with Gasteiger partial charge in [0.25, 0.3) is 5.91 Å². The Hall–Kier alpha value is -0.980. The lowest BCUT2D eigenvalue weighted by atomic mass is 10.2. The van der Waals surface area contributed by atoms with Crippen LogP contribution in [-0.4, -0.2) is 49.1 Å². The summed E-state index contributed by atoms with van der Waals surface area (Å²) in [6.45, 7) is 3.85. The molecule has 0 bridgehead atoms. The molecule has 1 aliphatic carbocycles. The largest absolute Gasteiger partial charge is 0.378 e. The lowest BCUT2D eigenvalue weighted by Crippen LogP contribution is -2.46. The van der Waals surface area contributed by atoms with E-state index in [2.05, 4.69) is 10.3 Å². The lowest BCUT2D eigenvalue weighted by molar-refractivity contribution is 0.0739. The van der Waals surface area contributed by atoms with E-state index in [1.54, 1.807) is 7.11 Å². The number of methoxy groups -OCH3 is 1. The molecule has 2 aliphatic rings. The molecule has 0 radical (unpaired) electrons. The molecule has 3 rings (SSSR count). The van der Waals surface area contributed by atoms with Gasteiger partial charge in [0.1, 0.15) is 9.88 Å². The minimum Gasteiger partial charge on any atom is -0.378 e. The van der Waals surface area contributed by atoms with Crippen molar-refractivity contribution in [2.45, 2.75) is 25.4 Å². The van der Waals surface area contributed by atoms with Gasteiger partial charge in [0, 0.05) is 39.2 Å². The van der Waals surface area contributed by atoms with Gasteiger partial charge in [0.15, 0.2) is 0 Å². The Balaban J connectivity index is 1.82. The van der Waals surface area contributed by atoms with Gasteiger partial charge in [0.2, 0.25) is 0 Å². The van der Waals surface area contributed by atoms with Gasteiger partial charge >= 0.3 is 0 Å². The highest BCUT2D eigenvalue weighted by molar-refractivity contribution is 7.13.